The Balaban J connectivity index is 2.17. The number of nitrogens with zero attached hydrogens (tertiary/aromatic N) is 1. The minimum absolute atomic E-state index is 0.0304. The van der Waals surface area contributed by atoms with Crippen LogP contribution in [0.4, 0.5) is 11.4 Å². The van der Waals surface area contributed by atoms with Crippen LogP contribution >= 0.6 is 0 Å². The first kappa shape index (κ1) is 15.0. The van der Waals surface area contributed by atoms with Gasteiger partial charge in [0.15, 0.2) is 5.78 Å². The first-order valence-corrected chi connectivity index (χ1v) is 8.71. The van der Waals surface area contributed by atoms with Gasteiger partial charge in [-0.2, -0.15) is 0 Å². The summed E-state index contributed by atoms with van der Waals surface area (Å²) in [6, 6.07) is 13.3. The molecule has 0 saturated carbocycles. The highest BCUT2D eigenvalue weighted by atomic mass is 32.2. The van der Waals surface area contributed by atoms with E-state index in [4.69, 9.17) is 0 Å². The van der Waals surface area contributed by atoms with Crippen molar-refractivity contribution in [1.29, 1.82) is 0 Å². The molecule has 2 aromatic rings. The number of benzene rings is 2. The fraction of sp³-hybridized carbons (Fsp3) is 0.278. The number of carbonyl (C=O) groups is 1. The van der Waals surface area contributed by atoms with Crippen LogP contribution in [0, 0.1) is 0 Å². The molecule has 2 aromatic carbocycles. The lowest BCUT2D eigenvalue weighted by Crippen LogP contribution is -2.25. The molecule has 4 heteroatoms. The molecule has 1 aliphatic rings. The molecule has 22 heavy (non-hydrogen) atoms. The van der Waals surface area contributed by atoms with Crippen LogP contribution in [-0.4, -0.2) is 16.5 Å². The van der Waals surface area contributed by atoms with Gasteiger partial charge in [0.2, 0.25) is 0 Å². The molecule has 1 unspecified atom stereocenters. The van der Waals surface area contributed by atoms with Crippen molar-refractivity contribution in [2.45, 2.75) is 36.5 Å². The highest BCUT2D eigenvalue weighted by Crippen LogP contribution is 2.42. The van der Waals surface area contributed by atoms with E-state index in [1.165, 1.54) is 0 Å². The Labute approximate surface area is 133 Å². The number of hydrogen-bond donors (Lipinski definition) is 0. The second kappa shape index (κ2) is 6.05. The van der Waals surface area contributed by atoms with Crippen LogP contribution in [0.2, 0.25) is 0 Å². The lowest BCUT2D eigenvalue weighted by Gasteiger charge is -2.33. The summed E-state index contributed by atoms with van der Waals surface area (Å²) in [7, 11) is -1.19. The summed E-state index contributed by atoms with van der Waals surface area (Å²) in [6.07, 6.45) is 2.13. The molecule has 3 nitrogen and oxygen atoms in total. The summed E-state index contributed by atoms with van der Waals surface area (Å²) < 4.78 is 12.8. The van der Waals surface area contributed by atoms with E-state index in [-0.39, 0.29) is 5.78 Å². The molecule has 1 aliphatic heterocycles. The second-order valence-corrected chi connectivity index (χ2v) is 6.90. The van der Waals surface area contributed by atoms with Crippen molar-refractivity contribution in [3.05, 3.63) is 48.0 Å². The van der Waals surface area contributed by atoms with Gasteiger partial charge in [-0.3, -0.25) is 4.79 Å². The summed E-state index contributed by atoms with van der Waals surface area (Å²) in [5.41, 5.74) is 2.55. The van der Waals surface area contributed by atoms with E-state index in [0.717, 1.165) is 40.6 Å². The number of fused-ring (bicyclic) bond motifs is 2. The van der Waals surface area contributed by atoms with Gasteiger partial charge in [0.05, 0.1) is 32.0 Å². The molecule has 114 valence electrons. The third kappa shape index (κ3) is 2.48. The SMILES string of the molecule is CCCCN1c2ccccc2S(=O)c2ccc(C(C)=O)cc21. The number of unbranched alkanes of at least 4 members (excludes halogenated alkanes) is 1. The highest BCUT2D eigenvalue weighted by molar-refractivity contribution is 7.85. The zero-order valence-corrected chi connectivity index (χ0v) is 13.7. The quantitative estimate of drug-likeness (QED) is 0.789. The van der Waals surface area contributed by atoms with Gasteiger partial charge in [-0.1, -0.05) is 31.5 Å². The van der Waals surface area contributed by atoms with Gasteiger partial charge < -0.3 is 4.90 Å². The zero-order valence-electron chi connectivity index (χ0n) is 12.8. The van der Waals surface area contributed by atoms with E-state index in [1.807, 2.05) is 36.4 Å². The summed E-state index contributed by atoms with van der Waals surface area (Å²) in [5.74, 6) is 0.0304. The smallest absolute Gasteiger partial charge is 0.159 e. The highest BCUT2D eigenvalue weighted by Gasteiger charge is 2.28. The monoisotopic (exact) mass is 313 g/mol. The molecule has 0 saturated heterocycles. The normalized spacial score (nSPS) is 16.1. The fourth-order valence-corrected chi connectivity index (χ4v) is 4.10. The van der Waals surface area contributed by atoms with E-state index >= 15 is 0 Å². The predicted octanol–water partition coefficient (Wildman–Crippen LogP) is 4.31. The Kier molecular flexibility index (Phi) is 4.12. The molecule has 0 aromatic heterocycles. The number of Topliss-reactive ketones (excluding diaryl/α,β-unsaturated/α-hetero) is 1. The van der Waals surface area contributed by atoms with Gasteiger partial charge in [0, 0.05) is 12.1 Å². The number of anilines is 2. The number of hydrogen-bond acceptors (Lipinski definition) is 3. The lowest BCUT2D eigenvalue weighted by atomic mass is 10.1. The fourth-order valence-electron chi connectivity index (χ4n) is 2.75. The maximum absolute atomic E-state index is 12.8. The van der Waals surface area contributed by atoms with E-state index in [9.17, 15) is 9.00 Å². The standard InChI is InChI=1S/C18H19NO2S/c1-3-4-11-19-15-7-5-6-8-17(15)22(21)18-10-9-14(13(2)20)12-16(18)19/h5-10,12H,3-4,11H2,1-2H3. The largest absolute Gasteiger partial charge is 0.339 e. The predicted molar refractivity (Wildman–Crippen MR) is 89.5 cm³/mol. The Morgan fingerprint density at radius 1 is 1.09 bits per heavy atom. The molecule has 3 rings (SSSR count). The third-order valence-corrected chi connectivity index (χ3v) is 5.44. The maximum atomic E-state index is 12.8. The van der Waals surface area contributed by atoms with Crippen molar-refractivity contribution in [1.82, 2.24) is 0 Å². The minimum Gasteiger partial charge on any atom is -0.339 e. The van der Waals surface area contributed by atoms with Crippen LogP contribution in [0.5, 0.6) is 0 Å². The van der Waals surface area contributed by atoms with E-state index in [2.05, 4.69) is 11.8 Å². The summed E-state index contributed by atoms with van der Waals surface area (Å²) >= 11 is 0. The molecular weight excluding hydrogens is 294 g/mol. The third-order valence-electron chi connectivity index (χ3n) is 3.95. The summed E-state index contributed by atoms with van der Waals surface area (Å²) in [5, 5.41) is 0. The molecular formula is C18H19NO2S. The Morgan fingerprint density at radius 2 is 1.82 bits per heavy atom. The number of rotatable bonds is 4. The van der Waals surface area contributed by atoms with Crippen molar-refractivity contribution in [3.63, 3.8) is 0 Å². The molecule has 0 amide bonds. The van der Waals surface area contributed by atoms with E-state index in [1.54, 1.807) is 13.0 Å². The molecule has 0 N–H and O–H groups in total. The van der Waals surface area contributed by atoms with Crippen LogP contribution in [0.1, 0.15) is 37.0 Å². The van der Waals surface area contributed by atoms with Crippen LogP contribution < -0.4 is 4.90 Å². The van der Waals surface area contributed by atoms with Crippen molar-refractivity contribution in [3.8, 4) is 0 Å². The maximum Gasteiger partial charge on any atom is 0.159 e. The first-order valence-electron chi connectivity index (χ1n) is 7.56. The van der Waals surface area contributed by atoms with Crippen molar-refractivity contribution >= 4 is 28.0 Å². The minimum atomic E-state index is -1.19. The first-order chi connectivity index (χ1) is 10.6. The van der Waals surface area contributed by atoms with Crippen molar-refractivity contribution in [2.24, 2.45) is 0 Å². The van der Waals surface area contributed by atoms with E-state index in [0.29, 0.717) is 5.56 Å². The van der Waals surface area contributed by atoms with Crippen LogP contribution in [0.3, 0.4) is 0 Å². The van der Waals surface area contributed by atoms with Gasteiger partial charge in [0.1, 0.15) is 0 Å². The lowest BCUT2D eigenvalue weighted by molar-refractivity contribution is 0.101. The Morgan fingerprint density at radius 3 is 2.55 bits per heavy atom. The average molecular weight is 313 g/mol. The molecule has 0 fully saturated rings. The van der Waals surface area contributed by atoms with Crippen LogP contribution in [-0.2, 0) is 10.8 Å². The van der Waals surface area contributed by atoms with Gasteiger partial charge in [-0.05, 0) is 37.6 Å². The van der Waals surface area contributed by atoms with Gasteiger partial charge in [-0.25, -0.2) is 4.21 Å². The van der Waals surface area contributed by atoms with Crippen molar-refractivity contribution < 1.29 is 9.00 Å². The second-order valence-electron chi connectivity index (χ2n) is 5.48. The van der Waals surface area contributed by atoms with Crippen molar-refractivity contribution in [2.75, 3.05) is 11.4 Å². The Bertz CT molecular complexity index is 755. The average Bonchev–Trinajstić information content (AvgIpc) is 2.54. The zero-order chi connectivity index (χ0) is 15.7. The number of ketones is 1. The molecule has 0 spiro atoms. The number of para-hydroxylation sites is 1. The summed E-state index contributed by atoms with van der Waals surface area (Å²) in [4.78, 5) is 15.5. The number of carbonyl (C=O) groups excluding carboxylic acids is 1. The van der Waals surface area contributed by atoms with E-state index < -0.39 is 10.8 Å². The molecule has 0 radical (unpaired) electrons. The molecule has 0 aliphatic carbocycles. The summed E-state index contributed by atoms with van der Waals surface area (Å²) in [6.45, 7) is 4.58. The molecule has 1 atom stereocenters. The topological polar surface area (TPSA) is 37.4 Å². The molecule has 1 heterocycles. The Hall–Kier alpha value is -1.94. The van der Waals surface area contributed by atoms with Gasteiger partial charge in [0.25, 0.3) is 0 Å². The van der Waals surface area contributed by atoms with Crippen LogP contribution in [0.25, 0.3) is 0 Å². The van der Waals surface area contributed by atoms with Gasteiger partial charge in [-0.15, -0.1) is 0 Å². The van der Waals surface area contributed by atoms with Gasteiger partial charge >= 0.3 is 0 Å². The molecule has 0 bridgehead atoms. The van der Waals surface area contributed by atoms with Crippen LogP contribution in [0.15, 0.2) is 52.3 Å².